The van der Waals surface area contributed by atoms with Crippen molar-refractivity contribution in [2.75, 3.05) is 11.9 Å². The minimum Gasteiger partial charge on any atom is -0.370 e. The smallest absolute Gasteiger partial charge is 0.126 e. The summed E-state index contributed by atoms with van der Waals surface area (Å²) < 4.78 is 0. The number of nitrogens with zero attached hydrogens (tertiary/aromatic N) is 1. The van der Waals surface area contributed by atoms with Gasteiger partial charge in [0.05, 0.1) is 5.52 Å². The standard InChI is InChI=1S/C13H14N2/c1-2-3-10-14-13-9-8-11-6-4-5-7-12(11)15-13/h2,4-9H,1,3,10H2,(H,14,15). The Morgan fingerprint density at radius 2 is 2.07 bits per heavy atom. The second-order valence-electron chi connectivity index (χ2n) is 3.39. The van der Waals surface area contributed by atoms with Gasteiger partial charge in [-0.15, -0.1) is 6.58 Å². The zero-order chi connectivity index (χ0) is 10.5. The number of fused-ring (bicyclic) bond motifs is 1. The van der Waals surface area contributed by atoms with Crippen LogP contribution in [0.4, 0.5) is 5.82 Å². The number of anilines is 1. The van der Waals surface area contributed by atoms with Gasteiger partial charge in [-0.1, -0.05) is 24.3 Å². The van der Waals surface area contributed by atoms with Gasteiger partial charge in [0.2, 0.25) is 0 Å². The summed E-state index contributed by atoms with van der Waals surface area (Å²) in [6.45, 7) is 4.57. The lowest BCUT2D eigenvalue weighted by atomic mass is 10.2. The van der Waals surface area contributed by atoms with Gasteiger partial charge in [-0.2, -0.15) is 0 Å². The van der Waals surface area contributed by atoms with Crippen LogP contribution in [-0.4, -0.2) is 11.5 Å². The molecule has 2 rings (SSSR count). The third kappa shape index (κ3) is 2.34. The molecule has 0 aliphatic rings. The van der Waals surface area contributed by atoms with Gasteiger partial charge in [0.15, 0.2) is 0 Å². The van der Waals surface area contributed by atoms with E-state index in [4.69, 9.17) is 0 Å². The van der Waals surface area contributed by atoms with E-state index in [1.54, 1.807) is 0 Å². The maximum absolute atomic E-state index is 4.50. The average Bonchev–Trinajstić information content (AvgIpc) is 2.29. The molecule has 0 radical (unpaired) electrons. The van der Waals surface area contributed by atoms with Crippen LogP contribution >= 0.6 is 0 Å². The summed E-state index contributed by atoms with van der Waals surface area (Å²) in [6.07, 6.45) is 2.85. The highest BCUT2D eigenvalue weighted by Crippen LogP contribution is 2.14. The molecule has 1 aromatic carbocycles. The Hall–Kier alpha value is -1.83. The molecular formula is C13H14N2. The zero-order valence-corrected chi connectivity index (χ0v) is 8.61. The van der Waals surface area contributed by atoms with E-state index in [-0.39, 0.29) is 0 Å². The van der Waals surface area contributed by atoms with Crippen LogP contribution in [0.3, 0.4) is 0 Å². The Morgan fingerprint density at radius 3 is 2.93 bits per heavy atom. The normalized spacial score (nSPS) is 10.1. The van der Waals surface area contributed by atoms with Crippen LogP contribution in [0.25, 0.3) is 10.9 Å². The van der Waals surface area contributed by atoms with E-state index >= 15 is 0 Å². The number of hydrogen-bond donors (Lipinski definition) is 1. The van der Waals surface area contributed by atoms with Gasteiger partial charge in [-0.3, -0.25) is 0 Å². The number of nitrogens with one attached hydrogen (secondary N) is 1. The van der Waals surface area contributed by atoms with Crippen molar-refractivity contribution in [2.24, 2.45) is 0 Å². The lowest BCUT2D eigenvalue weighted by Gasteiger charge is -2.04. The van der Waals surface area contributed by atoms with Gasteiger partial charge in [-0.25, -0.2) is 4.98 Å². The van der Waals surface area contributed by atoms with Crippen molar-refractivity contribution in [1.82, 2.24) is 4.98 Å². The third-order valence-corrected chi connectivity index (χ3v) is 2.25. The molecule has 1 N–H and O–H groups in total. The SMILES string of the molecule is C=CCCNc1ccc2ccccc2n1. The minimum absolute atomic E-state index is 0.884. The molecule has 0 bridgehead atoms. The number of rotatable bonds is 4. The molecule has 0 aliphatic carbocycles. The van der Waals surface area contributed by atoms with Crippen molar-refractivity contribution in [3.8, 4) is 0 Å². The van der Waals surface area contributed by atoms with Gasteiger partial charge in [0.25, 0.3) is 0 Å². The quantitative estimate of drug-likeness (QED) is 0.602. The molecule has 15 heavy (non-hydrogen) atoms. The molecule has 0 amide bonds. The molecule has 0 aliphatic heterocycles. The fourth-order valence-corrected chi connectivity index (χ4v) is 1.47. The van der Waals surface area contributed by atoms with E-state index in [1.165, 1.54) is 5.39 Å². The number of pyridine rings is 1. The first kappa shape index (κ1) is 9.71. The Morgan fingerprint density at radius 1 is 1.20 bits per heavy atom. The zero-order valence-electron chi connectivity index (χ0n) is 8.61. The van der Waals surface area contributed by atoms with Crippen molar-refractivity contribution >= 4 is 16.7 Å². The lowest BCUT2D eigenvalue weighted by molar-refractivity contribution is 1.06. The second-order valence-corrected chi connectivity index (χ2v) is 3.39. The molecule has 0 saturated heterocycles. The van der Waals surface area contributed by atoms with E-state index in [9.17, 15) is 0 Å². The minimum atomic E-state index is 0.884. The highest BCUT2D eigenvalue weighted by atomic mass is 15.0. The van der Waals surface area contributed by atoms with Gasteiger partial charge in [0.1, 0.15) is 5.82 Å². The van der Waals surface area contributed by atoms with Crippen LogP contribution < -0.4 is 5.32 Å². The van der Waals surface area contributed by atoms with Crippen LogP contribution in [0.5, 0.6) is 0 Å². The molecule has 2 nitrogen and oxygen atoms in total. The lowest BCUT2D eigenvalue weighted by Crippen LogP contribution is -2.01. The Balaban J connectivity index is 2.19. The van der Waals surface area contributed by atoms with Crippen molar-refractivity contribution < 1.29 is 0 Å². The van der Waals surface area contributed by atoms with E-state index in [0.717, 1.165) is 24.3 Å². The molecule has 2 aromatic rings. The van der Waals surface area contributed by atoms with Gasteiger partial charge in [0, 0.05) is 11.9 Å². The summed E-state index contributed by atoms with van der Waals surface area (Å²) >= 11 is 0. The summed E-state index contributed by atoms with van der Waals surface area (Å²) in [5.41, 5.74) is 1.03. The van der Waals surface area contributed by atoms with E-state index in [0.29, 0.717) is 0 Å². The maximum Gasteiger partial charge on any atom is 0.126 e. The summed E-state index contributed by atoms with van der Waals surface area (Å²) in [5.74, 6) is 0.926. The van der Waals surface area contributed by atoms with E-state index in [2.05, 4.69) is 29.0 Å². The number of benzene rings is 1. The monoisotopic (exact) mass is 198 g/mol. The van der Waals surface area contributed by atoms with Crippen LogP contribution in [-0.2, 0) is 0 Å². The number of hydrogen-bond acceptors (Lipinski definition) is 2. The summed E-state index contributed by atoms with van der Waals surface area (Å²) in [4.78, 5) is 4.50. The predicted octanol–water partition coefficient (Wildman–Crippen LogP) is 3.22. The highest BCUT2D eigenvalue weighted by molar-refractivity contribution is 5.79. The molecule has 76 valence electrons. The van der Waals surface area contributed by atoms with Crippen LogP contribution in [0.1, 0.15) is 6.42 Å². The third-order valence-electron chi connectivity index (χ3n) is 2.25. The Labute approximate surface area is 89.7 Å². The fourth-order valence-electron chi connectivity index (χ4n) is 1.47. The molecule has 0 unspecified atom stereocenters. The van der Waals surface area contributed by atoms with Crippen molar-refractivity contribution in [1.29, 1.82) is 0 Å². The summed E-state index contributed by atoms with van der Waals surface area (Å²) in [6, 6.07) is 12.2. The topological polar surface area (TPSA) is 24.9 Å². The predicted molar refractivity (Wildman–Crippen MR) is 65.0 cm³/mol. The number of aromatic nitrogens is 1. The van der Waals surface area contributed by atoms with E-state index < -0.39 is 0 Å². The molecule has 1 aromatic heterocycles. The van der Waals surface area contributed by atoms with Crippen LogP contribution in [0.2, 0.25) is 0 Å². The first-order valence-electron chi connectivity index (χ1n) is 5.11. The maximum atomic E-state index is 4.50. The average molecular weight is 198 g/mol. The van der Waals surface area contributed by atoms with Crippen molar-refractivity contribution in [3.63, 3.8) is 0 Å². The van der Waals surface area contributed by atoms with Gasteiger partial charge < -0.3 is 5.32 Å². The van der Waals surface area contributed by atoms with Gasteiger partial charge in [-0.05, 0) is 24.6 Å². The van der Waals surface area contributed by atoms with Crippen molar-refractivity contribution in [2.45, 2.75) is 6.42 Å². The largest absolute Gasteiger partial charge is 0.370 e. The van der Waals surface area contributed by atoms with Crippen molar-refractivity contribution in [3.05, 3.63) is 49.1 Å². The molecule has 0 atom stereocenters. The second kappa shape index (κ2) is 4.60. The Bertz CT molecular complexity index is 463. The Kier molecular flexibility index (Phi) is 2.98. The van der Waals surface area contributed by atoms with Gasteiger partial charge >= 0.3 is 0 Å². The van der Waals surface area contributed by atoms with Crippen LogP contribution in [0, 0.1) is 0 Å². The molecule has 0 saturated carbocycles. The van der Waals surface area contributed by atoms with E-state index in [1.807, 2.05) is 30.3 Å². The van der Waals surface area contributed by atoms with Crippen LogP contribution in [0.15, 0.2) is 49.1 Å². The summed E-state index contributed by atoms with van der Waals surface area (Å²) in [5, 5.41) is 4.43. The molecule has 1 heterocycles. The first-order valence-corrected chi connectivity index (χ1v) is 5.11. The summed E-state index contributed by atoms with van der Waals surface area (Å²) in [7, 11) is 0. The number of para-hydroxylation sites is 1. The first-order chi connectivity index (χ1) is 7.40. The molecule has 0 spiro atoms. The molecular weight excluding hydrogens is 184 g/mol. The molecule has 0 fully saturated rings. The fraction of sp³-hybridized carbons (Fsp3) is 0.154. The highest BCUT2D eigenvalue weighted by Gasteiger charge is 1.95. The molecule has 2 heteroatoms.